The molecule has 4 nitrogen and oxygen atoms in total. The number of rotatable bonds is 5. The Bertz CT molecular complexity index is 412. The van der Waals surface area contributed by atoms with E-state index in [-0.39, 0.29) is 17.7 Å². The Morgan fingerprint density at radius 2 is 1.83 bits per heavy atom. The van der Waals surface area contributed by atoms with Crippen molar-refractivity contribution in [1.82, 2.24) is 5.32 Å². The highest BCUT2D eigenvalue weighted by Crippen LogP contribution is 2.13. The molecule has 0 aliphatic rings. The van der Waals surface area contributed by atoms with Crippen LogP contribution in [0.4, 0.5) is 5.69 Å². The van der Waals surface area contributed by atoms with E-state index in [1.165, 1.54) is 0 Å². The van der Waals surface area contributed by atoms with Gasteiger partial charge in [0.2, 0.25) is 5.91 Å². The van der Waals surface area contributed by atoms with E-state index in [2.05, 4.69) is 17.6 Å². The molecule has 1 unspecified atom stereocenters. The molecule has 0 aliphatic heterocycles. The van der Waals surface area contributed by atoms with Crippen LogP contribution in [0.5, 0.6) is 0 Å². The maximum absolute atomic E-state index is 11.8. The molecule has 0 saturated heterocycles. The molecule has 1 aromatic carbocycles. The Balaban J connectivity index is 2.63. The van der Waals surface area contributed by atoms with Gasteiger partial charge in [0.15, 0.2) is 0 Å². The quantitative estimate of drug-likeness (QED) is 0.840. The zero-order valence-corrected chi connectivity index (χ0v) is 11.1. The van der Waals surface area contributed by atoms with Crippen LogP contribution in [-0.4, -0.2) is 18.9 Å². The van der Waals surface area contributed by atoms with Crippen molar-refractivity contribution in [3.05, 3.63) is 29.8 Å². The van der Waals surface area contributed by atoms with Crippen LogP contribution >= 0.6 is 0 Å². The molecule has 0 saturated carbocycles. The van der Waals surface area contributed by atoms with Gasteiger partial charge in [-0.3, -0.25) is 9.59 Å². The van der Waals surface area contributed by atoms with Gasteiger partial charge in [-0.05, 0) is 30.7 Å². The van der Waals surface area contributed by atoms with Gasteiger partial charge in [-0.25, -0.2) is 0 Å². The summed E-state index contributed by atoms with van der Waals surface area (Å²) in [7, 11) is 1.59. The second-order valence-corrected chi connectivity index (χ2v) is 4.34. The molecule has 0 fully saturated rings. The Labute approximate surface area is 108 Å². The zero-order valence-electron chi connectivity index (χ0n) is 11.1. The lowest BCUT2D eigenvalue weighted by molar-refractivity contribution is -0.119. The summed E-state index contributed by atoms with van der Waals surface area (Å²) in [6, 6.07) is 6.86. The van der Waals surface area contributed by atoms with Crippen molar-refractivity contribution < 1.29 is 9.59 Å². The van der Waals surface area contributed by atoms with Gasteiger partial charge >= 0.3 is 0 Å². The number of carbonyl (C=O) groups is 2. The summed E-state index contributed by atoms with van der Waals surface area (Å²) in [5, 5.41) is 5.39. The van der Waals surface area contributed by atoms with Crippen molar-refractivity contribution in [2.75, 3.05) is 12.4 Å². The second-order valence-electron chi connectivity index (χ2n) is 4.34. The first-order valence-electron chi connectivity index (χ1n) is 6.21. The van der Waals surface area contributed by atoms with Crippen LogP contribution in [0.3, 0.4) is 0 Å². The van der Waals surface area contributed by atoms with Gasteiger partial charge in [0, 0.05) is 24.2 Å². The van der Waals surface area contributed by atoms with Crippen molar-refractivity contribution in [2.45, 2.75) is 26.7 Å². The molecule has 0 spiro atoms. The van der Waals surface area contributed by atoms with Crippen molar-refractivity contribution in [1.29, 1.82) is 0 Å². The Kier molecular flexibility index (Phi) is 5.36. The van der Waals surface area contributed by atoms with Gasteiger partial charge in [0.1, 0.15) is 0 Å². The lowest BCUT2D eigenvalue weighted by Crippen LogP contribution is -2.20. The van der Waals surface area contributed by atoms with Gasteiger partial charge in [-0.2, -0.15) is 0 Å². The average molecular weight is 248 g/mol. The number of carbonyl (C=O) groups excluding carboxylic acids is 2. The molecule has 0 radical (unpaired) electrons. The van der Waals surface area contributed by atoms with Gasteiger partial charge in [-0.1, -0.05) is 20.3 Å². The van der Waals surface area contributed by atoms with E-state index < -0.39 is 0 Å². The van der Waals surface area contributed by atoms with E-state index >= 15 is 0 Å². The van der Waals surface area contributed by atoms with Crippen LogP contribution < -0.4 is 10.6 Å². The van der Waals surface area contributed by atoms with Crippen molar-refractivity contribution in [2.24, 2.45) is 5.92 Å². The van der Waals surface area contributed by atoms with E-state index in [0.29, 0.717) is 5.56 Å². The minimum absolute atomic E-state index is 0.00798. The van der Waals surface area contributed by atoms with Gasteiger partial charge in [0.05, 0.1) is 0 Å². The number of nitrogens with one attached hydrogen (secondary N) is 2. The third-order valence-corrected chi connectivity index (χ3v) is 2.81. The monoisotopic (exact) mass is 248 g/mol. The van der Waals surface area contributed by atoms with Crippen LogP contribution in [0.15, 0.2) is 24.3 Å². The molecular weight excluding hydrogens is 228 g/mol. The number of benzene rings is 1. The lowest BCUT2D eigenvalue weighted by atomic mass is 10.1. The number of hydrogen-bond donors (Lipinski definition) is 2. The Morgan fingerprint density at radius 3 is 2.33 bits per heavy atom. The largest absolute Gasteiger partial charge is 0.355 e. The molecule has 2 amide bonds. The fourth-order valence-electron chi connectivity index (χ4n) is 1.68. The summed E-state index contributed by atoms with van der Waals surface area (Å²) in [5.74, 6) is -0.106. The predicted octanol–water partition coefficient (Wildman–Crippen LogP) is 2.42. The Hall–Kier alpha value is -1.84. The average Bonchev–Trinajstić information content (AvgIpc) is 2.39. The van der Waals surface area contributed by atoms with Crippen molar-refractivity contribution in [3.8, 4) is 0 Å². The summed E-state index contributed by atoms with van der Waals surface area (Å²) < 4.78 is 0. The van der Waals surface area contributed by atoms with E-state index in [4.69, 9.17) is 0 Å². The maximum atomic E-state index is 11.8. The molecule has 1 atom stereocenters. The molecule has 1 rings (SSSR count). The van der Waals surface area contributed by atoms with E-state index in [1.807, 2.05) is 6.92 Å². The Morgan fingerprint density at radius 1 is 1.22 bits per heavy atom. The first-order chi connectivity index (χ1) is 8.58. The highest BCUT2D eigenvalue weighted by atomic mass is 16.2. The summed E-state index contributed by atoms with van der Waals surface area (Å²) in [4.78, 5) is 23.1. The van der Waals surface area contributed by atoms with Crippen LogP contribution in [0.2, 0.25) is 0 Å². The predicted molar refractivity (Wildman–Crippen MR) is 72.5 cm³/mol. The molecule has 2 N–H and O–H groups in total. The molecule has 18 heavy (non-hydrogen) atoms. The summed E-state index contributed by atoms with van der Waals surface area (Å²) in [5.41, 5.74) is 1.30. The van der Waals surface area contributed by atoms with E-state index in [9.17, 15) is 9.59 Å². The maximum Gasteiger partial charge on any atom is 0.251 e. The molecule has 98 valence electrons. The normalized spacial score (nSPS) is 11.7. The standard InChI is InChI=1S/C14H20N2O2/c1-4-5-10(2)13(17)16-12-8-6-11(7-9-12)14(18)15-3/h6-10H,4-5H2,1-3H3,(H,15,18)(H,16,17). The number of amides is 2. The number of anilines is 1. The van der Waals surface area contributed by atoms with Gasteiger partial charge in [0.25, 0.3) is 5.91 Å². The van der Waals surface area contributed by atoms with Crippen LogP contribution in [0.25, 0.3) is 0 Å². The minimum Gasteiger partial charge on any atom is -0.355 e. The first-order valence-corrected chi connectivity index (χ1v) is 6.21. The third kappa shape index (κ3) is 3.87. The second kappa shape index (κ2) is 6.79. The molecule has 4 heteroatoms. The van der Waals surface area contributed by atoms with Gasteiger partial charge < -0.3 is 10.6 Å². The van der Waals surface area contributed by atoms with Crippen LogP contribution in [0.1, 0.15) is 37.0 Å². The van der Waals surface area contributed by atoms with Crippen molar-refractivity contribution in [3.63, 3.8) is 0 Å². The van der Waals surface area contributed by atoms with E-state index in [0.717, 1.165) is 18.5 Å². The summed E-state index contributed by atoms with van der Waals surface area (Å²) in [6.07, 6.45) is 1.87. The highest BCUT2D eigenvalue weighted by molar-refractivity contribution is 5.96. The molecule has 0 heterocycles. The lowest BCUT2D eigenvalue weighted by Gasteiger charge is -2.11. The fraction of sp³-hybridized carbons (Fsp3) is 0.429. The summed E-state index contributed by atoms with van der Waals surface area (Å²) >= 11 is 0. The van der Waals surface area contributed by atoms with Crippen LogP contribution in [-0.2, 0) is 4.79 Å². The molecule has 0 bridgehead atoms. The smallest absolute Gasteiger partial charge is 0.251 e. The highest BCUT2D eigenvalue weighted by Gasteiger charge is 2.11. The topological polar surface area (TPSA) is 58.2 Å². The van der Waals surface area contributed by atoms with E-state index in [1.54, 1.807) is 31.3 Å². The number of hydrogen-bond acceptors (Lipinski definition) is 2. The SMILES string of the molecule is CCCC(C)C(=O)Nc1ccc(C(=O)NC)cc1. The minimum atomic E-state index is -0.132. The molecule has 0 aromatic heterocycles. The summed E-state index contributed by atoms with van der Waals surface area (Å²) in [6.45, 7) is 3.97. The van der Waals surface area contributed by atoms with Crippen LogP contribution in [0, 0.1) is 5.92 Å². The molecular formula is C14H20N2O2. The molecule has 1 aromatic rings. The first kappa shape index (κ1) is 14.2. The third-order valence-electron chi connectivity index (χ3n) is 2.81. The fourth-order valence-corrected chi connectivity index (χ4v) is 1.68. The van der Waals surface area contributed by atoms with Crippen molar-refractivity contribution >= 4 is 17.5 Å². The zero-order chi connectivity index (χ0) is 13.5. The molecule has 0 aliphatic carbocycles. The van der Waals surface area contributed by atoms with Gasteiger partial charge in [-0.15, -0.1) is 0 Å².